The Balaban J connectivity index is 2.51. The quantitative estimate of drug-likeness (QED) is 0.613. The van der Waals surface area contributed by atoms with Gasteiger partial charge in [0.1, 0.15) is 5.75 Å². The van der Waals surface area contributed by atoms with Gasteiger partial charge in [0.25, 0.3) is 0 Å². The van der Waals surface area contributed by atoms with Crippen LogP contribution in [0.15, 0.2) is 18.2 Å². The summed E-state index contributed by atoms with van der Waals surface area (Å²) in [5, 5.41) is 0. The lowest BCUT2D eigenvalue weighted by Crippen LogP contribution is -2.44. The molecule has 0 spiro atoms. The zero-order valence-electron chi connectivity index (χ0n) is 8.46. The standard InChI is InChI=1S/C10H12O3Si/c1-7-4-5-8-9(6-7)12-14(2,3)13-10(8)11/h4-6H,1-3H3. The predicted molar refractivity (Wildman–Crippen MR) is 54.7 cm³/mol. The van der Waals surface area contributed by atoms with E-state index in [2.05, 4.69) is 0 Å². The second kappa shape index (κ2) is 2.85. The smallest absolute Gasteiger partial charge is 0.456 e. The van der Waals surface area contributed by atoms with Crippen molar-refractivity contribution in [2.24, 2.45) is 0 Å². The summed E-state index contributed by atoms with van der Waals surface area (Å²) in [5.74, 6) is 0.404. The first kappa shape index (κ1) is 9.27. The number of aryl methyl sites for hydroxylation is 1. The molecule has 1 aromatic carbocycles. The fourth-order valence-corrected chi connectivity index (χ4v) is 2.74. The number of hydrogen-bond acceptors (Lipinski definition) is 3. The third-order valence-corrected chi connectivity index (χ3v) is 3.44. The summed E-state index contributed by atoms with van der Waals surface area (Å²) in [5.41, 5.74) is 1.62. The number of benzene rings is 1. The van der Waals surface area contributed by atoms with Gasteiger partial charge in [0.2, 0.25) is 0 Å². The van der Waals surface area contributed by atoms with Crippen LogP contribution in [-0.2, 0) is 4.43 Å². The molecule has 0 aliphatic carbocycles. The van der Waals surface area contributed by atoms with Gasteiger partial charge in [-0.3, -0.25) is 0 Å². The molecule has 0 N–H and O–H groups in total. The first-order valence-electron chi connectivity index (χ1n) is 4.51. The first-order chi connectivity index (χ1) is 6.48. The normalized spacial score (nSPS) is 18.1. The van der Waals surface area contributed by atoms with Gasteiger partial charge in [-0.25, -0.2) is 4.79 Å². The summed E-state index contributed by atoms with van der Waals surface area (Å²) < 4.78 is 10.9. The minimum Gasteiger partial charge on any atom is -0.511 e. The second-order valence-corrected chi connectivity index (χ2v) is 7.10. The molecular formula is C10H12O3Si. The van der Waals surface area contributed by atoms with Crippen LogP contribution in [0.3, 0.4) is 0 Å². The molecule has 4 heteroatoms. The molecule has 0 atom stereocenters. The SMILES string of the molecule is Cc1ccc2c(c1)O[Si](C)(C)OC2=O. The van der Waals surface area contributed by atoms with E-state index in [1.165, 1.54) is 0 Å². The van der Waals surface area contributed by atoms with Crippen LogP contribution in [0.4, 0.5) is 0 Å². The molecule has 0 saturated heterocycles. The average molecular weight is 208 g/mol. The number of hydrogen-bond donors (Lipinski definition) is 0. The van der Waals surface area contributed by atoms with E-state index in [-0.39, 0.29) is 5.97 Å². The summed E-state index contributed by atoms with van der Waals surface area (Å²) >= 11 is 0. The Bertz CT molecular complexity index is 398. The molecule has 1 heterocycles. The first-order valence-corrected chi connectivity index (χ1v) is 7.33. The molecule has 0 amide bonds. The lowest BCUT2D eigenvalue weighted by atomic mass is 10.1. The van der Waals surface area contributed by atoms with Crippen LogP contribution in [0.25, 0.3) is 0 Å². The van der Waals surface area contributed by atoms with Gasteiger partial charge < -0.3 is 8.85 Å². The highest BCUT2D eigenvalue weighted by Gasteiger charge is 2.38. The summed E-state index contributed by atoms with van der Waals surface area (Å²) in [7, 11) is -2.28. The van der Waals surface area contributed by atoms with Crippen molar-refractivity contribution in [3.63, 3.8) is 0 Å². The Morgan fingerprint density at radius 1 is 1.21 bits per heavy atom. The van der Waals surface area contributed by atoms with Gasteiger partial charge in [0.15, 0.2) is 0 Å². The van der Waals surface area contributed by atoms with Gasteiger partial charge in [0, 0.05) is 13.1 Å². The van der Waals surface area contributed by atoms with Crippen molar-refractivity contribution in [2.75, 3.05) is 0 Å². The summed E-state index contributed by atoms with van der Waals surface area (Å²) in [4.78, 5) is 11.5. The summed E-state index contributed by atoms with van der Waals surface area (Å²) in [6.07, 6.45) is 0. The van der Waals surface area contributed by atoms with Gasteiger partial charge >= 0.3 is 14.5 Å². The molecule has 0 bridgehead atoms. The van der Waals surface area contributed by atoms with Crippen molar-refractivity contribution in [3.05, 3.63) is 29.3 Å². The summed E-state index contributed by atoms with van der Waals surface area (Å²) in [6, 6.07) is 5.50. The van der Waals surface area contributed by atoms with Crippen LogP contribution in [0, 0.1) is 6.92 Å². The zero-order chi connectivity index (χ0) is 10.3. The third-order valence-electron chi connectivity index (χ3n) is 2.05. The minimum atomic E-state index is -2.28. The van der Waals surface area contributed by atoms with Gasteiger partial charge in [-0.15, -0.1) is 0 Å². The van der Waals surface area contributed by atoms with E-state index in [1.54, 1.807) is 6.07 Å². The fourth-order valence-electron chi connectivity index (χ4n) is 1.45. The fraction of sp³-hybridized carbons (Fsp3) is 0.300. The Morgan fingerprint density at radius 3 is 2.64 bits per heavy atom. The van der Waals surface area contributed by atoms with E-state index in [0.717, 1.165) is 5.56 Å². The Morgan fingerprint density at radius 2 is 1.93 bits per heavy atom. The average Bonchev–Trinajstić information content (AvgIpc) is 2.00. The molecule has 74 valence electrons. The van der Waals surface area contributed by atoms with Crippen LogP contribution in [0.1, 0.15) is 15.9 Å². The van der Waals surface area contributed by atoms with E-state index in [9.17, 15) is 4.79 Å². The van der Waals surface area contributed by atoms with E-state index >= 15 is 0 Å². The maximum absolute atomic E-state index is 11.5. The van der Waals surface area contributed by atoms with Crippen molar-refractivity contribution >= 4 is 14.5 Å². The molecule has 1 aromatic rings. The Labute approximate surface area is 83.9 Å². The molecule has 0 aromatic heterocycles. The van der Waals surface area contributed by atoms with Crippen LogP contribution in [0.2, 0.25) is 13.1 Å². The van der Waals surface area contributed by atoms with Crippen LogP contribution < -0.4 is 4.43 Å². The third kappa shape index (κ3) is 1.53. The van der Waals surface area contributed by atoms with E-state index in [0.29, 0.717) is 11.3 Å². The molecule has 0 unspecified atom stereocenters. The molecule has 1 aliphatic heterocycles. The predicted octanol–water partition coefficient (Wildman–Crippen LogP) is 2.25. The maximum atomic E-state index is 11.5. The van der Waals surface area contributed by atoms with Crippen LogP contribution in [0.5, 0.6) is 5.75 Å². The van der Waals surface area contributed by atoms with Crippen molar-refractivity contribution < 1.29 is 13.6 Å². The van der Waals surface area contributed by atoms with Crippen LogP contribution in [-0.4, -0.2) is 14.5 Å². The molecular weight excluding hydrogens is 196 g/mol. The lowest BCUT2D eigenvalue weighted by Gasteiger charge is -2.29. The molecule has 14 heavy (non-hydrogen) atoms. The van der Waals surface area contributed by atoms with E-state index < -0.39 is 8.56 Å². The zero-order valence-corrected chi connectivity index (χ0v) is 9.46. The van der Waals surface area contributed by atoms with Crippen molar-refractivity contribution in [3.8, 4) is 5.75 Å². The Hall–Kier alpha value is -1.29. The van der Waals surface area contributed by atoms with E-state index in [1.807, 2.05) is 32.2 Å². The second-order valence-electron chi connectivity index (χ2n) is 3.89. The van der Waals surface area contributed by atoms with Gasteiger partial charge in [-0.1, -0.05) is 6.07 Å². The van der Waals surface area contributed by atoms with E-state index in [4.69, 9.17) is 8.85 Å². The molecule has 0 fully saturated rings. The van der Waals surface area contributed by atoms with Crippen molar-refractivity contribution in [1.82, 2.24) is 0 Å². The highest BCUT2D eigenvalue weighted by Crippen LogP contribution is 2.29. The van der Waals surface area contributed by atoms with Gasteiger partial charge in [-0.05, 0) is 24.6 Å². The lowest BCUT2D eigenvalue weighted by molar-refractivity contribution is 0.0662. The Kier molecular flexibility index (Phi) is 1.89. The number of carbonyl (C=O) groups is 1. The highest BCUT2D eigenvalue weighted by molar-refractivity contribution is 6.67. The molecule has 0 radical (unpaired) electrons. The molecule has 3 nitrogen and oxygen atoms in total. The summed E-state index contributed by atoms with van der Waals surface area (Å²) in [6.45, 7) is 5.69. The number of fused-ring (bicyclic) bond motifs is 1. The number of rotatable bonds is 0. The highest BCUT2D eigenvalue weighted by atomic mass is 28.4. The molecule has 1 aliphatic rings. The van der Waals surface area contributed by atoms with Crippen molar-refractivity contribution in [2.45, 2.75) is 20.0 Å². The van der Waals surface area contributed by atoms with Gasteiger partial charge in [-0.2, -0.15) is 0 Å². The molecule has 0 saturated carbocycles. The largest absolute Gasteiger partial charge is 0.511 e. The topological polar surface area (TPSA) is 35.5 Å². The van der Waals surface area contributed by atoms with Crippen molar-refractivity contribution in [1.29, 1.82) is 0 Å². The van der Waals surface area contributed by atoms with Gasteiger partial charge in [0.05, 0.1) is 5.56 Å². The minimum absolute atomic E-state index is 0.261. The van der Waals surface area contributed by atoms with Crippen LogP contribution >= 0.6 is 0 Å². The maximum Gasteiger partial charge on any atom is 0.456 e. The molecule has 2 rings (SSSR count). The monoisotopic (exact) mass is 208 g/mol. The number of carbonyl (C=O) groups excluding carboxylic acids is 1.